The van der Waals surface area contributed by atoms with Crippen LogP contribution in [0.15, 0.2) is 41.7 Å². The lowest BCUT2D eigenvalue weighted by Crippen LogP contribution is -2.09. The van der Waals surface area contributed by atoms with Gasteiger partial charge in [-0.3, -0.25) is 4.79 Å². The first-order valence-corrected chi connectivity index (χ1v) is 7.62. The molecule has 1 aliphatic rings. The van der Waals surface area contributed by atoms with Gasteiger partial charge in [0.25, 0.3) is 0 Å². The van der Waals surface area contributed by atoms with E-state index in [4.69, 9.17) is 10.5 Å². The molecule has 0 fully saturated rings. The van der Waals surface area contributed by atoms with Crippen LogP contribution in [-0.4, -0.2) is 12.9 Å². The zero-order valence-corrected chi connectivity index (χ0v) is 14.4. The van der Waals surface area contributed by atoms with Gasteiger partial charge in [0.2, 0.25) is 5.78 Å². The van der Waals surface area contributed by atoms with Crippen molar-refractivity contribution in [3.63, 3.8) is 0 Å². The lowest BCUT2D eigenvalue weighted by molar-refractivity contribution is -0.114. The summed E-state index contributed by atoms with van der Waals surface area (Å²) in [5, 5.41) is 0. The fourth-order valence-corrected chi connectivity index (χ4v) is 3.83. The van der Waals surface area contributed by atoms with Crippen LogP contribution in [0.3, 0.4) is 0 Å². The van der Waals surface area contributed by atoms with Crippen molar-refractivity contribution >= 4 is 62.7 Å². The van der Waals surface area contributed by atoms with E-state index in [1.165, 1.54) is 7.11 Å². The van der Waals surface area contributed by atoms with Crippen LogP contribution in [0, 0.1) is 7.14 Å². The Morgan fingerprint density at radius 3 is 2.47 bits per heavy atom. The first kappa shape index (κ1) is 14.6. The molecule has 0 aliphatic heterocycles. The summed E-state index contributed by atoms with van der Waals surface area (Å²) in [6.07, 6.45) is 7.13. The van der Waals surface area contributed by atoms with Crippen LogP contribution < -0.4 is 5.73 Å². The molecule has 5 heteroatoms. The average molecular weight is 479 g/mol. The maximum atomic E-state index is 12.1. The minimum Gasteiger partial charge on any atom is -0.493 e. The van der Waals surface area contributed by atoms with Gasteiger partial charge in [-0.1, -0.05) is 12.2 Å². The van der Waals surface area contributed by atoms with E-state index in [9.17, 15) is 4.79 Å². The zero-order valence-electron chi connectivity index (χ0n) is 10.1. The summed E-state index contributed by atoms with van der Waals surface area (Å²) in [4.78, 5) is 12.1. The van der Waals surface area contributed by atoms with E-state index >= 15 is 0 Å². The molecule has 0 saturated carbocycles. The average Bonchev–Trinajstić information content (AvgIpc) is 2.35. The second kappa shape index (κ2) is 6.08. The van der Waals surface area contributed by atoms with Crippen molar-refractivity contribution in [2.45, 2.75) is 0 Å². The standard InChI is InChI=1S/C14H11I2NO2/c1-19-13-4-2-3-8(14(13)18)5-10-11(15)6-9(17)7-12(10)16/h2-7H,17H2,1H3/b8-5+. The van der Waals surface area contributed by atoms with E-state index in [1.807, 2.05) is 24.3 Å². The number of methoxy groups -OCH3 is 1. The van der Waals surface area contributed by atoms with Gasteiger partial charge >= 0.3 is 0 Å². The van der Waals surface area contributed by atoms with Crippen LogP contribution in [0.4, 0.5) is 5.69 Å². The van der Waals surface area contributed by atoms with Gasteiger partial charge in [0.1, 0.15) is 0 Å². The van der Waals surface area contributed by atoms with Gasteiger partial charge in [-0.05, 0) is 69.5 Å². The Morgan fingerprint density at radius 1 is 1.26 bits per heavy atom. The molecule has 3 nitrogen and oxygen atoms in total. The molecular formula is C14H11I2NO2. The Labute approximate surface area is 138 Å². The number of rotatable bonds is 2. The highest BCUT2D eigenvalue weighted by atomic mass is 127. The van der Waals surface area contributed by atoms with E-state index in [0.717, 1.165) is 18.4 Å². The van der Waals surface area contributed by atoms with Crippen molar-refractivity contribution in [1.82, 2.24) is 0 Å². The fourth-order valence-electron chi connectivity index (χ4n) is 1.70. The number of carbonyl (C=O) groups excluding carboxylic acids is 1. The lowest BCUT2D eigenvalue weighted by Gasteiger charge is -2.11. The van der Waals surface area contributed by atoms with E-state index < -0.39 is 0 Å². The van der Waals surface area contributed by atoms with Gasteiger partial charge in [-0.15, -0.1) is 0 Å². The third kappa shape index (κ3) is 3.19. The number of hydrogen-bond donors (Lipinski definition) is 1. The Bertz CT molecular complexity index is 607. The summed E-state index contributed by atoms with van der Waals surface area (Å²) in [6.45, 7) is 0. The molecule has 98 valence electrons. The molecule has 0 spiro atoms. The first-order chi connectivity index (χ1) is 9.02. The van der Waals surface area contributed by atoms with Crippen molar-refractivity contribution in [2.24, 2.45) is 0 Å². The largest absolute Gasteiger partial charge is 0.493 e. The summed E-state index contributed by atoms with van der Waals surface area (Å²) in [7, 11) is 1.50. The Balaban J connectivity index is 2.46. The number of Topliss-reactive ketones (excluding diaryl/α,β-unsaturated/α-hetero) is 1. The van der Waals surface area contributed by atoms with Crippen molar-refractivity contribution < 1.29 is 9.53 Å². The highest BCUT2D eigenvalue weighted by Crippen LogP contribution is 2.27. The molecule has 2 rings (SSSR count). The van der Waals surface area contributed by atoms with Crippen LogP contribution in [0.2, 0.25) is 0 Å². The number of anilines is 1. The number of hydrogen-bond acceptors (Lipinski definition) is 3. The predicted molar refractivity (Wildman–Crippen MR) is 93.5 cm³/mol. The number of nitrogens with two attached hydrogens (primary N) is 1. The molecule has 19 heavy (non-hydrogen) atoms. The lowest BCUT2D eigenvalue weighted by atomic mass is 10.0. The van der Waals surface area contributed by atoms with Crippen LogP contribution >= 0.6 is 45.2 Å². The second-order valence-corrected chi connectivity index (χ2v) is 6.25. The number of benzene rings is 1. The first-order valence-electron chi connectivity index (χ1n) is 5.46. The molecule has 2 N–H and O–H groups in total. The van der Waals surface area contributed by atoms with Crippen LogP contribution in [0.1, 0.15) is 5.56 Å². The minimum absolute atomic E-state index is 0.103. The maximum Gasteiger partial charge on any atom is 0.227 e. The number of allylic oxidation sites excluding steroid dienone is 4. The summed E-state index contributed by atoms with van der Waals surface area (Å²) in [6, 6.07) is 3.78. The topological polar surface area (TPSA) is 52.3 Å². The SMILES string of the molecule is COC1=CC=C/C(=C\c2c(I)cc(N)cc2I)C1=O. The van der Waals surface area contributed by atoms with Crippen molar-refractivity contribution in [2.75, 3.05) is 12.8 Å². The molecule has 0 atom stereocenters. The molecule has 0 bridgehead atoms. The molecule has 1 aromatic rings. The van der Waals surface area contributed by atoms with Crippen molar-refractivity contribution in [3.8, 4) is 0 Å². The number of halogens is 2. The van der Waals surface area contributed by atoms with Crippen LogP contribution in [0.5, 0.6) is 0 Å². The van der Waals surface area contributed by atoms with E-state index in [2.05, 4.69) is 45.2 Å². The number of ketones is 1. The molecule has 1 aliphatic carbocycles. The zero-order chi connectivity index (χ0) is 14.0. The molecule has 0 radical (unpaired) electrons. The highest BCUT2D eigenvalue weighted by molar-refractivity contribution is 14.1. The third-order valence-electron chi connectivity index (χ3n) is 2.63. The predicted octanol–water partition coefficient (Wildman–Crippen LogP) is 3.53. The van der Waals surface area contributed by atoms with E-state index in [-0.39, 0.29) is 5.78 Å². The van der Waals surface area contributed by atoms with Crippen LogP contribution in [0.25, 0.3) is 6.08 Å². The molecular weight excluding hydrogens is 468 g/mol. The van der Waals surface area contributed by atoms with Gasteiger partial charge in [0.15, 0.2) is 5.76 Å². The molecule has 0 saturated heterocycles. The molecule has 1 aromatic carbocycles. The quantitative estimate of drug-likeness (QED) is 0.402. The number of carbonyl (C=O) groups is 1. The molecule has 0 amide bonds. The second-order valence-electron chi connectivity index (χ2n) is 3.92. The van der Waals surface area contributed by atoms with Gasteiger partial charge in [0.05, 0.1) is 7.11 Å². The monoisotopic (exact) mass is 479 g/mol. The van der Waals surface area contributed by atoms with Crippen LogP contribution in [-0.2, 0) is 9.53 Å². The molecule has 0 aromatic heterocycles. The summed E-state index contributed by atoms with van der Waals surface area (Å²) in [5.74, 6) is 0.252. The van der Waals surface area contributed by atoms with Gasteiger partial charge in [-0.25, -0.2) is 0 Å². The van der Waals surface area contributed by atoms with Crippen molar-refractivity contribution in [3.05, 3.63) is 54.4 Å². The van der Waals surface area contributed by atoms with Gasteiger partial charge in [0, 0.05) is 24.0 Å². The highest BCUT2D eigenvalue weighted by Gasteiger charge is 2.17. The number of nitrogen functional groups attached to an aromatic ring is 1. The van der Waals surface area contributed by atoms with Gasteiger partial charge < -0.3 is 10.5 Å². The Kier molecular flexibility index (Phi) is 4.67. The molecule has 0 heterocycles. The fraction of sp³-hybridized carbons (Fsp3) is 0.0714. The van der Waals surface area contributed by atoms with Gasteiger partial charge in [-0.2, -0.15) is 0 Å². The normalized spacial score (nSPS) is 16.7. The molecule has 0 unspecified atom stereocenters. The Hall–Kier alpha value is -0.830. The maximum absolute atomic E-state index is 12.1. The minimum atomic E-state index is -0.103. The summed E-state index contributed by atoms with van der Waals surface area (Å²) >= 11 is 4.44. The Morgan fingerprint density at radius 2 is 1.89 bits per heavy atom. The van der Waals surface area contributed by atoms with E-state index in [0.29, 0.717) is 11.3 Å². The summed E-state index contributed by atoms with van der Waals surface area (Å²) in [5.41, 5.74) is 8.13. The summed E-state index contributed by atoms with van der Waals surface area (Å²) < 4.78 is 7.08. The smallest absolute Gasteiger partial charge is 0.227 e. The number of ether oxygens (including phenoxy) is 1. The van der Waals surface area contributed by atoms with E-state index in [1.54, 1.807) is 12.2 Å². The third-order valence-corrected chi connectivity index (χ3v) is 4.42. The van der Waals surface area contributed by atoms with Crippen molar-refractivity contribution in [1.29, 1.82) is 0 Å².